The van der Waals surface area contributed by atoms with Gasteiger partial charge >= 0.3 is 5.97 Å². The molecule has 0 fully saturated rings. The maximum Gasteiger partial charge on any atom is 0.343 e. The highest BCUT2D eigenvalue weighted by molar-refractivity contribution is 6.33. The van der Waals surface area contributed by atoms with Gasteiger partial charge in [-0.2, -0.15) is 10.4 Å². The van der Waals surface area contributed by atoms with E-state index >= 15 is 0 Å². The molecule has 0 aliphatic heterocycles. The van der Waals surface area contributed by atoms with E-state index < -0.39 is 18.5 Å². The minimum Gasteiger partial charge on any atom is -0.452 e. The summed E-state index contributed by atoms with van der Waals surface area (Å²) in [6.07, 6.45) is 0. The molecule has 3 rings (SSSR count). The van der Waals surface area contributed by atoms with Gasteiger partial charge in [0, 0.05) is 5.69 Å². The number of nitriles is 1. The quantitative estimate of drug-likeness (QED) is 0.668. The number of carbonyl (C=O) groups is 2. The van der Waals surface area contributed by atoms with Gasteiger partial charge in [-0.05, 0) is 37.3 Å². The highest BCUT2D eigenvalue weighted by Gasteiger charge is 2.23. The summed E-state index contributed by atoms with van der Waals surface area (Å²) in [5, 5.41) is 15.8. The minimum absolute atomic E-state index is 0.102. The second-order valence-corrected chi connectivity index (χ2v) is 6.17. The summed E-state index contributed by atoms with van der Waals surface area (Å²) < 4.78 is 6.51. The van der Waals surface area contributed by atoms with Crippen molar-refractivity contribution in [2.24, 2.45) is 0 Å². The van der Waals surface area contributed by atoms with Crippen molar-refractivity contribution >= 4 is 29.2 Å². The first-order valence-corrected chi connectivity index (χ1v) is 8.65. The molecule has 7 nitrogen and oxygen atoms in total. The van der Waals surface area contributed by atoms with Crippen molar-refractivity contribution in [3.8, 4) is 11.8 Å². The molecule has 0 saturated heterocycles. The molecule has 1 aromatic heterocycles. The highest BCUT2D eigenvalue weighted by atomic mass is 35.5. The van der Waals surface area contributed by atoms with E-state index in [9.17, 15) is 9.59 Å². The Bertz CT molecular complexity index is 1070. The SMILES string of the molecule is Cc1nn(-c2ccccc2)c(Cl)c1C(=O)OCC(=O)Nc1cccc(C#N)c1. The summed E-state index contributed by atoms with van der Waals surface area (Å²) in [7, 11) is 0. The number of benzene rings is 2. The van der Waals surface area contributed by atoms with Gasteiger partial charge in [-0.15, -0.1) is 0 Å². The third-order valence-corrected chi connectivity index (χ3v) is 4.17. The first kappa shape index (κ1) is 19.1. The van der Waals surface area contributed by atoms with Gasteiger partial charge in [-0.1, -0.05) is 35.9 Å². The summed E-state index contributed by atoms with van der Waals surface area (Å²) in [4.78, 5) is 24.4. The van der Waals surface area contributed by atoms with Crippen molar-refractivity contribution in [3.05, 3.63) is 76.6 Å². The topological polar surface area (TPSA) is 97.0 Å². The number of hydrogen-bond acceptors (Lipinski definition) is 5. The average molecular weight is 395 g/mol. The molecule has 140 valence electrons. The number of nitrogens with one attached hydrogen (secondary N) is 1. The molecular formula is C20H15ClN4O3. The van der Waals surface area contributed by atoms with Crippen molar-refractivity contribution in [1.82, 2.24) is 9.78 Å². The number of anilines is 1. The van der Waals surface area contributed by atoms with Gasteiger partial charge in [0.15, 0.2) is 6.61 Å². The minimum atomic E-state index is -0.745. The molecule has 0 unspecified atom stereocenters. The maximum atomic E-state index is 12.4. The van der Waals surface area contributed by atoms with Crippen molar-refractivity contribution in [1.29, 1.82) is 5.26 Å². The van der Waals surface area contributed by atoms with E-state index in [-0.39, 0.29) is 10.7 Å². The first-order chi connectivity index (χ1) is 13.5. The molecule has 0 saturated carbocycles. The Hall–Kier alpha value is -3.63. The predicted molar refractivity (Wildman–Crippen MR) is 103 cm³/mol. The standard InChI is InChI=1S/C20H15ClN4O3/c1-13-18(19(21)25(24-13)16-8-3-2-4-9-16)20(27)28-12-17(26)23-15-7-5-6-14(10-15)11-22/h2-10H,12H2,1H3,(H,23,26). The van der Waals surface area contributed by atoms with Crippen LogP contribution in [0.25, 0.3) is 5.69 Å². The van der Waals surface area contributed by atoms with Gasteiger partial charge < -0.3 is 10.1 Å². The van der Waals surface area contributed by atoms with E-state index in [0.717, 1.165) is 0 Å². The van der Waals surface area contributed by atoms with E-state index in [1.807, 2.05) is 24.3 Å². The lowest BCUT2D eigenvalue weighted by atomic mass is 10.2. The molecule has 1 amide bonds. The number of ether oxygens (including phenoxy) is 1. The molecule has 2 aromatic carbocycles. The summed E-state index contributed by atoms with van der Waals surface area (Å²) in [6, 6.07) is 17.5. The molecule has 28 heavy (non-hydrogen) atoms. The third-order valence-electron chi connectivity index (χ3n) is 3.82. The summed E-state index contributed by atoms with van der Waals surface area (Å²) in [5.41, 5.74) is 2.03. The second-order valence-electron chi connectivity index (χ2n) is 5.82. The molecule has 3 aromatic rings. The second kappa shape index (κ2) is 8.37. The zero-order valence-corrected chi connectivity index (χ0v) is 15.6. The van der Waals surface area contributed by atoms with E-state index in [2.05, 4.69) is 10.4 Å². The van der Waals surface area contributed by atoms with Crippen molar-refractivity contribution < 1.29 is 14.3 Å². The zero-order valence-electron chi connectivity index (χ0n) is 14.8. The number of aromatic nitrogens is 2. The van der Waals surface area contributed by atoms with Crippen molar-refractivity contribution in [2.75, 3.05) is 11.9 Å². The fourth-order valence-electron chi connectivity index (χ4n) is 2.54. The average Bonchev–Trinajstić information content (AvgIpc) is 3.01. The lowest BCUT2D eigenvalue weighted by Crippen LogP contribution is -2.21. The Morgan fingerprint density at radius 3 is 2.68 bits per heavy atom. The fraction of sp³-hybridized carbons (Fsp3) is 0.100. The molecular weight excluding hydrogens is 380 g/mol. The largest absolute Gasteiger partial charge is 0.452 e. The van der Waals surface area contributed by atoms with Gasteiger partial charge in [-0.25, -0.2) is 9.48 Å². The Kier molecular flexibility index (Phi) is 5.72. The number of hydrogen-bond donors (Lipinski definition) is 1. The zero-order chi connectivity index (χ0) is 20.1. The normalized spacial score (nSPS) is 10.2. The van der Waals surface area contributed by atoms with Crippen LogP contribution in [0.5, 0.6) is 0 Å². The van der Waals surface area contributed by atoms with Gasteiger partial charge in [0.25, 0.3) is 5.91 Å². The van der Waals surface area contributed by atoms with Crippen LogP contribution in [0, 0.1) is 18.3 Å². The molecule has 0 aliphatic carbocycles. The van der Waals surface area contributed by atoms with E-state index in [0.29, 0.717) is 22.6 Å². The van der Waals surface area contributed by atoms with Crippen LogP contribution in [0.3, 0.4) is 0 Å². The number of nitrogens with zero attached hydrogens (tertiary/aromatic N) is 3. The van der Waals surface area contributed by atoms with Gasteiger partial charge in [0.2, 0.25) is 0 Å². The maximum absolute atomic E-state index is 12.4. The molecule has 0 spiro atoms. The van der Waals surface area contributed by atoms with Crippen LogP contribution < -0.4 is 5.32 Å². The lowest BCUT2D eigenvalue weighted by Gasteiger charge is -2.07. The number of amides is 1. The summed E-state index contributed by atoms with van der Waals surface area (Å²) in [5.74, 6) is -1.28. The van der Waals surface area contributed by atoms with Gasteiger partial charge in [-0.3, -0.25) is 4.79 Å². The molecule has 1 heterocycles. The van der Waals surface area contributed by atoms with Crippen LogP contribution in [0.4, 0.5) is 5.69 Å². The molecule has 0 aliphatic rings. The molecule has 8 heteroatoms. The Balaban J connectivity index is 1.67. The fourth-order valence-corrected chi connectivity index (χ4v) is 2.89. The number of rotatable bonds is 5. The molecule has 0 atom stereocenters. The monoisotopic (exact) mass is 394 g/mol. The Labute approximate surface area is 166 Å². The predicted octanol–water partition coefficient (Wildman–Crippen LogP) is 3.50. The molecule has 0 radical (unpaired) electrons. The van der Waals surface area contributed by atoms with Gasteiger partial charge in [0.1, 0.15) is 10.7 Å². The van der Waals surface area contributed by atoms with E-state index in [1.165, 1.54) is 10.7 Å². The van der Waals surface area contributed by atoms with Crippen LogP contribution in [-0.2, 0) is 9.53 Å². The van der Waals surface area contributed by atoms with E-state index in [4.69, 9.17) is 21.6 Å². The van der Waals surface area contributed by atoms with Crippen LogP contribution in [0.2, 0.25) is 5.15 Å². The van der Waals surface area contributed by atoms with Crippen molar-refractivity contribution in [3.63, 3.8) is 0 Å². The lowest BCUT2D eigenvalue weighted by molar-refractivity contribution is -0.119. The molecule has 1 N–H and O–H groups in total. The Morgan fingerprint density at radius 2 is 1.96 bits per heavy atom. The van der Waals surface area contributed by atoms with Crippen LogP contribution in [-0.4, -0.2) is 28.3 Å². The number of esters is 1. The highest BCUT2D eigenvalue weighted by Crippen LogP contribution is 2.24. The van der Waals surface area contributed by atoms with Crippen LogP contribution in [0.1, 0.15) is 21.6 Å². The van der Waals surface area contributed by atoms with Crippen LogP contribution in [0.15, 0.2) is 54.6 Å². The first-order valence-electron chi connectivity index (χ1n) is 8.27. The summed E-state index contributed by atoms with van der Waals surface area (Å²) in [6.45, 7) is 1.14. The molecule has 0 bridgehead atoms. The number of aryl methyl sites for hydroxylation is 1. The third kappa shape index (κ3) is 4.19. The van der Waals surface area contributed by atoms with E-state index in [1.54, 1.807) is 37.3 Å². The summed E-state index contributed by atoms with van der Waals surface area (Å²) >= 11 is 6.31. The van der Waals surface area contributed by atoms with Crippen LogP contribution >= 0.6 is 11.6 Å². The number of carbonyl (C=O) groups excluding carboxylic acids is 2. The van der Waals surface area contributed by atoms with Gasteiger partial charge in [0.05, 0.1) is 23.0 Å². The van der Waals surface area contributed by atoms with Crippen molar-refractivity contribution in [2.45, 2.75) is 6.92 Å². The Morgan fingerprint density at radius 1 is 1.21 bits per heavy atom. The number of para-hydroxylation sites is 1. The smallest absolute Gasteiger partial charge is 0.343 e. The number of halogens is 1.